The van der Waals surface area contributed by atoms with E-state index >= 15 is 0 Å². The van der Waals surface area contributed by atoms with Crippen LogP contribution in [0.4, 0.5) is 0 Å². The summed E-state index contributed by atoms with van der Waals surface area (Å²) in [7, 11) is 0. The van der Waals surface area contributed by atoms with Gasteiger partial charge in [0.05, 0.1) is 5.71 Å². The van der Waals surface area contributed by atoms with Gasteiger partial charge < -0.3 is 16.6 Å². The van der Waals surface area contributed by atoms with Gasteiger partial charge in [-0.3, -0.25) is 0 Å². The van der Waals surface area contributed by atoms with Gasteiger partial charge in [0.2, 0.25) is 0 Å². The molecule has 0 aliphatic heterocycles. The third-order valence-corrected chi connectivity index (χ3v) is 3.90. The standard InChI is InChI=1S/C17H30N4/c1-7-15(20-13(3)4)14(11-9-10-12-18)17(5,6)16(8-2)21-19/h8-10,12,14-15,18,20H,2-3,7,11,19H2,1,4-6H3/b10-9-,18-12?,21-16-/t14-,15?/m1/s1. The number of nitrogens with zero attached hydrogens (tertiary/aromatic N) is 1. The monoisotopic (exact) mass is 290 g/mol. The second-order valence-corrected chi connectivity index (χ2v) is 5.82. The molecule has 2 atom stereocenters. The molecule has 0 bridgehead atoms. The third-order valence-electron chi connectivity index (χ3n) is 3.90. The van der Waals surface area contributed by atoms with Crippen molar-refractivity contribution in [2.45, 2.75) is 46.6 Å². The number of nitrogens with one attached hydrogen (secondary N) is 2. The van der Waals surface area contributed by atoms with E-state index in [4.69, 9.17) is 11.3 Å². The summed E-state index contributed by atoms with van der Waals surface area (Å²) in [5.74, 6) is 5.79. The van der Waals surface area contributed by atoms with E-state index in [1.54, 1.807) is 12.2 Å². The van der Waals surface area contributed by atoms with Gasteiger partial charge in [-0.15, -0.1) is 0 Å². The summed E-state index contributed by atoms with van der Waals surface area (Å²) in [6.07, 6.45) is 8.58. The maximum atomic E-state index is 7.12. The number of rotatable bonds is 10. The fourth-order valence-electron chi connectivity index (χ4n) is 2.73. The lowest BCUT2D eigenvalue weighted by Gasteiger charge is -2.39. The molecule has 0 aliphatic rings. The van der Waals surface area contributed by atoms with Crippen LogP contribution in [0.5, 0.6) is 0 Å². The first kappa shape index (κ1) is 19.2. The first-order valence-corrected chi connectivity index (χ1v) is 7.33. The van der Waals surface area contributed by atoms with Crippen molar-refractivity contribution in [2.75, 3.05) is 0 Å². The molecule has 0 aromatic carbocycles. The van der Waals surface area contributed by atoms with E-state index in [1.807, 2.05) is 13.0 Å². The first-order valence-electron chi connectivity index (χ1n) is 7.33. The van der Waals surface area contributed by atoms with Gasteiger partial charge in [-0.2, -0.15) is 5.10 Å². The molecule has 0 aromatic heterocycles. The highest BCUT2D eigenvalue weighted by Crippen LogP contribution is 2.36. The number of hydrogen-bond acceptors (Lipinski definition) is 4. The fourth-order valence-corrected chi connectivity index (χ4v) is 2.73. The van der Waals surface area contributed by atoms with Crippen molar-refractivity contribution in [3.63, 3.8) is 0 Å². The molecule has 0 saturated carbocycles. The summed E-state index contributed by atoms with van der Waals surface area (Å²) in [5, 5.41) is 14.5. The van der Waals surface area contributed by atoms with Crippen molar-refractivity contribution in [1.82, 2.24) is 5.32 Å². The maximum absolute atomic E-state index is 7.12. The van der Waals surface area contributed by atoms with Crippen LogP contribution >= 0.6 is 0 Å². The molecule has 0 aliphatic carbocycles. The van der Waals surface area contributed by atoms with Crippen LogP contribution in [0.3, 0.4) is 0 Å². The molecule has 0 heterocycles. The van der Waals surface area contributed by atoms with Crippen molar-refractivity contribution < 1.29 is 0 Å². The summed E-state index contributed by atoms with van der Waals surface area (Å²) in [6.45, 7) is 16.1. The van der Waals surface area contributed by atoms with E-state index in [9.17, 15) is 0 Å². The quantitative estimate of drug-likeness (QED) is 0.326. The molecule has 118 valence electrons. The van der Waals surface area contributed by atoms with Crippen LogP contribution in [0, 0.1) is 16.7 Å². The van der Waals surface area contributed by atoms with Crippen molar-refractivity contribution in [3.05, 3.63) is 37.1 Å². The zero-order chi connectivity index (χ0) is 16.5. The van der Waals surface area contributed by atoms with Gasteiger partial charge in [0, 0.05) is 23.4 Å². The summed E-state index contributed by atoms with van der Waals surface area (Å²) < 4.78 is 0. The number of hydrazone groups is 1. The molecule has 21 heavy (non-hydrogen) atoms. The van der Waals surface area contributed by atoms with Gasteiger partial charge in [0.1, 0.15) is 0 Å². The Morgan fingerprint density at radius 2 is 2.10 bits per heavy atom. The van der Waals surface area contributed by atoms with Crippen molar-refractivity contribution in [3.8, 4) is 0 Å². The maximum Gasteiger partial charge on any atom is 0.0654 e. The highest BCUT2D eigenvalue weighted by Gasteiger charge is 2.37. The SMILES string of the molecule is C=C/C(=N/N)C(C)(C)[C@H](C/C=C\C=N)C(CC)NC(=C)C. The smallest absolute Gasteiger partial charge is 0.0654 e. The van der Waals surface area contributed by atoms with E-state index in [2.05, 4.69) is 44.3 Å². The lowest BCUT2D eigenvalue weighted by Crippen LogP contribution is -2.45. The Morgan fingerprint density at radius 1 is 1.48 bits per heavy atom. The molecule has 0 aromatic rings. The van der Waals surface area contributed by atoms with Crippen LogP contribution < -0.4 is 11.2 Å². The Balaban J connectivity index is 5.55. The average Bonchev–Trinajstić information content (AvgIpc) is 2.42. The van der Waals surface area contributed by atoms with Gasteiger partial charge in [0.25, 0.3) is 0 Å². The average molecular weight is 290 g/mol. The lowest BCUT2D eigenvalue weighted by atomic mass is 9.69. The van der Waals surface area contributed by atoms with E-state index in [0.717, 1.165) is 24.3 Å². The van der Waals surface area contributed by atoms with E-state index in [0.29, 0.717) is 0 Å². The topological polar surface area (TPSA) is 74.3 Å². The predicted octanol–water partition coefficient (Wildman–Crippen LogP) is 3.63. The van der Waals surface area contributed by atoms with E-state index in [1.165, 1.54) is 6.21 Å². The Hall–Kier alpha value is -1.84. The third kappa shape index (κ3) is 5.58. The molecule has 0 amide bonds. The van der Waals surface area contributed by atoms with Crippen molar-refractivity contribution in [1.29, 1.82) is 5.41 Å². The van der Waals surface area contributed by atoms with Crippen LogP contribution in [-0.2, 0) is 0 Å². The Labute approximate surface area is 129 Å². The normalized spacial score (nSPS) is 15.5. The predicted molar refractivity (Wildman–Crippen MR) is 93.7 cm³/mol. The summed E-state index contributed by atoms with van der Waals surface area (Å²) >= 11 is 0. The van der Waals surface area contributed by atoms with E-state index < -0.39 is 0 Å². The summed E-state index contributed by atoms with van der Waals surface area (Å²) in [6, 6.07) is 0.254. The molecule has 0 spiro atoms. The van der Waals surface area contributed by atoms with Crippen LogP contribution in [0.2, 0.25) is 0 Å². The summed E-state index contributed by atoms with van der Waals surface area (Å²) in [4.78, 5) is 0. The molecular formula is C17H30N4. The number of nitrogens with two attached hydrogens (primary N) is 1. The van der Waals surface area contributed by atoms with Crippen LogP contribution in [0.15, 0.2) is 42.2 Å². The number of hydrogen-bond donors (Lipinski definition) is 3. The molecule has 0 rings (SSSR count). The highest BCUT2D eigenvalue weighted by atomic mass is 15.1. The highest BCUT2D eigenvalue weighted by molar-refractivity contribution is 5.98. The van der Waals surface area contributed by atoms with E-state index in [-0.39, 0.29) is 17.4 Å². The Bertz CT molecular complexity index is 419. The number of allylic oxidation sites excluding steroid dienone is 4. The van der Waals surface area contributed by atoms with Gasteiger partial charge in [0.15, 0.2) is 0 Å². The van der Waals surface area contributed by atoms with Gasteiger partial charge in [-0.05, 0) is 37.8 Å². The second kappa shape index (κ2) is 9.16. The minimum Gasteiger partial charge on any atom is -0.386 e. The van der Waals surface area contributed by atoms with Gasteiger partial charge >= 0.3 is 0 Å². The van der Waals surface area contributed by atoms with Gasteiger partial charge in [-0.25, -0.2) is 0 Å². The molecule has 4 heteroatoms. The molecule has 1 unspecified atom stereocenters. The molecule has 4 nitrogen and oxygen atoms in total. The molecule has 0 fully saturated rings. The lowest BCUT2D eigenvalue weighted by molar-refractivity contribution is 0.234. The van der Waals surface area contributed by atoms with Crippen molar-refractivity contribution in [2.24, 2.45) is 22.3 Å². The minimum absolute atomic E-state index is 0.230. The van der Waals surface area contributed by atoms with Crippen molar-refractivity contribution >= 4 is 11.9 Å². The Kier molecular flexibility index (Phi) is 8.36. The minimum atomic E-state index is -0.230. The largest absolute Gasteiger partial charge is 0.386 e. The van der Waals surface area contributed by atoms with Gasteiger partial charge in [-0.1, -0.05) is 40.0 Å². The zero-order valence-electron chi connectivity index (χ0n) is 13.8. The molecule has 0 radical (unpaired) electrons. The molecule has 0 saturated heterocycles. The van der Waals surface area contributed by atoms with Crippen LogP contribution in [0.1, 0.15) is 40.5 Å². The van der Waals surface area contributed by atoms with Crippen LogP contribution in [0.25, 0.3) is 0 Å². The van der Waals surface area contributed by atoms with Crippen LogP contribution in [-0.4, -0.2) is 18.0 Å². The molecular weight excluding hydrogens is 260 g/mol. The fraction of sp³-hybridized carbons (Fsp3) is 0.529. The zero-order valence-corrected chi connectivity index (χ0v) is 13.8. The first-order chi connectivity index (χ1) is 9.84. The molecule has 4 N–H and O–H groups in total. The second-order valence-electron chi connectivity index (χ2n) is 5.82. The summed E-state index contributed by atoms with van der Waals surface area (Å²) in [5.41, 5.74) is 1.51. The Morgan fingerprint density at radius 3 is 2.48 bits per heavy atom.